The van der Waals surface area contributed by atoms with Crippen LogP contribution in [0.5, 0.6) is 0 Å². The maximum Gasteiger partial charge on any atom is 0.187 e. The second-order valence-electron chi connectivity index (χ2n) is 7.97. The van der Waals surface area contributed by atoms with Gasteiger partial charge in [-0.05, 0) is 0 Å². The molecule has 14 atom stereocenters. The molecular weight excluding hydrogens is 472 g/mol. The van der Waals surface area contributed by atoms with E-state index in [9.17, 15) is 55.9 Å². The quantitative estimate of drug-likeness (QED) is 0.117. The standard InChI is InChI=1S/C18H32O16/c19-1-5(23)9(25)15(6(24)2-20)33-18-14(30)16(11(27)8(4-22)32-18)34-17-13(29)12(28)10(26)7(3-21)31-17/h2,5-19,21-30H,1,3-4H2/t5-,6+,7-,8+,9-,10+,11+,12-,13+,14+,15-,16-,17+,18-/m1/s1. The van der Waals surface area contributed by atoms with E-state index in [2.05, 4.69) is 0 Å². The highest BCUT2D eigenvalue weighted by Crippen LogP contribution is 2.30. The van der Waals surface area contributed by atoms with Crippen LogP contribution < -0.4 is 0 Å². The zero-order valence-corrected chi connectivity index (χ0v) is 17.7. The molecule has 0 bridgehead atoms. The van der Waals surface area contributed by atoms with E-state index >= 15 is 0 Å². The van der Waals surface area contributed by atoms with Crippen molar-refractivity contribution in [3.8, 4) is 0 Å². The van der Waals surface area contributed by atoms with Crippen molar-refractivity contribution in [1.29, 1.82) is 0 Å². The lowest BCUT2D eigenvalue weighted by Gasteiger charge is -2.46. The first kappa shape index (κ1) is 29.3. The Morgan fingerprint density at radius 1 is 0.765 bits per heavy atom. The average molecular weight is 504 g/mol. The SMILES string of the molecule is O=C[C@H](O)[C@@H](O[C@H]1O[C@@H](CO)[C@H](O)[C@@H](O[C@@H]2O[C@H](CO)[C@H](O)[C@@H](O)[C@@H]2O)[C@@H]1O)[C@H](O)[C@H](O)CO. The average Bonchev–Trinajstić information content (AvgIpc) is 2.84. The van der Waals surface area contributed by atoms with Crippen LogP contribution in [0.4, 0.5) is 0 Å². The third kappa shape index (κ3) is 6.25. The lowest BCUT2D eigenvalue weighted by atomic mass is 9.96. The summed E-state index contributed by atoms with van der Waals surface area (Å²) in [6, 6.07) is 0. The predicted molar refractivity (Wildman–Crippen MR) is 102 cm³/mol. The zero-order valence-electron chi connectivity index (χ0n) is 17.7. The molecule has 0 amide bonds. The highest BCUT2D eigenvalue weighted by molar-refractivity contribution is 5.56. The van der Waals surface area contributed by atoms with E-state index in [1.807, 2.05) is 0 Å². The molecule has 0 aromatic carbocycles. The predicted octanol–water partition coefficient (Wildman–Crippen LogP) is -7.73. The van der Waals surface area contributed by atoms with Gasteiger partial charge in [0.2, 0.25) is 0 Å². The fourth-order valence-electron chi connectivity index (χ4n) is 3.58. The Balaban J connectivity index is 2.25. The normalized spacial score (nSPS) is 42.6. The van der Waals surface area contributed by atoms with Crippen molar-refractivity contribution in [2.24, 2.45) is 0 Å². The first-order chi connectivity index (χ1) is 16.0. The summed E-state index contributed by atoms with van der Waals surface area (Å²) in [5.41, 5.74) is 0. The smallest absolute Gasteiger partial charge is 0.187 e. The lowest BCUT2D eigenvalue weighted by molar-refractivity contribution is -0.368. The van der Waals surface area contributed by atoms with Crippen molar-refractivity contribution >= 4 is 6.29 Å². The van der Waals surface area contributed by atoms with Gasteiger partial charge in [-0.25, -0.2) is 0 Å². The second kappa shape index (κ2) is 12.9. The van der Waals surface area contributed by atoms with Gasteiger partial charge in [0.15, 0.2) is 18.9 Å². The number of aldehydes is 1. The monoisotopic (exact) mass is 504 g/mol. The van der Waals surface area contributed by atoms with E-state index in [4.69, 9.17) is 24.1 Å². The van der Waals surface area contributed by atoms with Gasteiger partial charge in [0, 0.05) is 0 Å². The molecule has 16 heteroatoms. The maximum atomic E-state index is 11.0. The van der Waals surface area contributed by atoms with Gasteiger partial charge in [-0.2, -0.15) is 0 Å². The van der Waals surface area contributed by atoms with Gasteiger partial charge in [0.25, 0.3) is 0 Å². The molecule has 0 saturated carbocycles. The minimum Gasteiger partial charge on any atom is -0.394 e. The van der Waals surface area contributed by atoms with Crippen LogP contribution in [0.1, 0.15) is 0 Å². The highest BCUT2D eigenvalue weighted by Gasteiger charge is 2.52. The Morgan fingerprint density at radius 3 is 1.85 bits per heavy atom. The van der Waals surface area contributed by atoms with Crippen molar-refractivity contribution in [2.45, 2.75) is 85.8 Å². The summed E-state index contributed by atoms with van der Waals surface area (Å²) >= 11 is 0. The fraction of sp³-hybridized carbons (Fsp3) is 0.944. The fourth-order valence-corrected chi connectivity index (χ4v) is 3.58. The molecule has 0 aromatic heterocycles. The lowest BCUT2D eigenvalue weighted by Crippen LogP contribution is -2.65. The molecule has 200 valence electrons. The number of ether oxygens (including phenoxy) is 4. The molecular formula is C18H32O16. The van der Waals surface area contributed by atoms with Gasteiger partial charge in [0.1, 0.15) is 73.2 Å². The molecule has 2 aliphatic rings. The summed E-state index contributed by atoms with van der Waals surface area (Å²) in [6.45, 7) is -2.64. The molecule has 34 heavy (non-hydrogen) atoms. The van der Waals surface area contributed by atoms with Crippen LogP contribution in [0, 0.1) is 0 Å². The molecule has 0 radical (unpaired) electrons. The van der Waals surface area contributed by atoms with Crippen LogP contribution in [-0.4, -0.2) is 168 Å². The van der Waals surface area contributed by atoms with Crippen LogP contribution in [0.2, 0.25) is 0 Å². The first-order valence-electron chi connectivity index (χ1n) is 10.4. The summed E-state index contributed by atoms with van der Waals surface area (Å²) in [5, 5.41) is 108. The van der Waals surface area contributed by atoms with E-state index in [0.29, 0.717) is 0 Å². The van der Waals surface area contributed by atoms with Crippen molar-refractivity contribution in [3.63, 3.8) is 0 Å². The van der Waals surface area contributed by atoms with Crippen molar-refractivity contribution in [3.05, 3.63) is 0 Å². The molecule has 2 aliphatic heterocycles. The Hall–Kier alpha value is -0.930. The van der Waals surface area contributed by atoms with E-state index in [1.165, 1.54) is 0 Å². The molecule has 11 N–H and O–H groups in total. The third-order valence-corrected chi connectivity index (χ3v) is 5.65. The summed E-state index contributed by atoms with van der Waals surface area (Å²) in [7, 11) is 0. The summed E-state index contributed by atoms with van der Waals surface area (Å²) in [4.78, 5) is 11.0. The van der Waals surface area contributed by atoms with Crippen LogP contribution >= 0.6 is 0 Å². The number of aliphatic hydroxyl groups excluding tert-OH is 11. The van der Waals surface area contributed by atoms with E-state index in [1.54, 1.807) is 0 Å². The second-order valence-corrected chi connectivity index (χ2v) is 7.97. The number of rotatable bonds is 11. The molecule has 2 fully saturated rings. The number of carbonyl (C=O) groups is 1. The summed E-state index contributed by atoms with van der Waals surface area (Å²) < 4.78 is 21.0. The van der Waals surface area contributed by atoms with Gasteiger partial charge in [-0.3, -0.25) is 0 Å². The Kier molecular flexibility index (Phi) is 11.1. The molecule has 0 unspecified atom stereocenters. The minimum absolute atomic E-state index is 0.0620. The van der Waals surface area contributed by atoms with Crippen LogP contribution in [0.15, 0.2) is 0 Å². The molecule has 0 aromatic rings. The van der Waals surface area contributed by atoms with Gasteiger partial charge in [-0.15, -0.1) is 0 Å². The van der Waals surface area contributed by atoms with Crippen LogP contribution in [0.25, 0.3) is 0 Å². The molecule has 0 spiro atoms. The topological polar surface area (TPSA) is 277 Å². The van der Waals surface area contributed by atoms with E-state index < -0.39 is 106 Å². The number of hydrogen-bond acceptors (Lipinski definition) is 16. The summed E-state index contributed by atoms with van der Waals surface area (Å²) in [5.74, 6) is 0. The van der Waals surface area contributed by atoms with Crippen molar-refractivity contribution in [2.75, 3.05) is 19.8 Å². The molecule has 2 heterocycles. The largest absolute Gasteiger partial charge is 0.394 e. The third-order valence-electron chi connectivity index (χ3n) is 5.65. The Bertz CT molecular complexity index is 623. The Labute approximate surface area is 192 Å². The Morgan fingerprint density at radius 2 is 1.32 bits per heavy atom. The van der Waals surface area contributed by atoms with Gasteiger partial charge < -0.3 is 79.9 Å². The summed E-state index contributed by atoms with van der Waals surface area (Å²) in [6.07, 6.45) is -25.7. The molecule has 0 aliphatic carbocycles. The number of aliphatic hydroxyl groups is 11. The molecule has 2 saturated heterocycles. The van der Waals surface area contributed by atoms with Crippen LogP contribution in [0.3, 0.4) is 0 Å². The van der Waals surface area contributed by atoms with Gasteiger partial charge in [-0.1, -0.05) is 0 Å². The van der Waals surface area contributed by atoms with Crippen LogP contribution in [-0.2, 0) is 23.7 Å². The maximum absolute atomic E-state index is 11.0. The number of hydrogen-bond donors (Lipinski definition) is 11. The zero-order chi connectivity index (χ0) is 25.7. The first-order valence-corrected chi connectivity index (χ1v) is 10.4. The number of carbonyl (C=O) groups excluding carboxylic acids is 1. The van der Waals surface area contributed by atoms with Gasteiger partial charge in [0.05, 0.1) is 19.8 Å². The van der Waals surface area contributed by atoms with E-state index in [-0.39, 0.29) is 6.29 Å². The molecule has 2 rings (SSSR count). The van der Waals surface area contributed by atoms with Crippen molar-refractivity contribution in [1.82, 2.24) is 0 Å². The van der Waals surface area contributed by atoms with E-state index in [0.717, 1.165) is 0 Å². The minimum atomic E-state index is -2.07. The molecule has 16 nitrogen and oxygen atoms in total. The highest BCUT2D eigenvalue weighted by atomic mass is 16.7. The van der Waals surface area contributed by atoms with Crippen molar-refractivity contribution < 1.29 is 79.9 Å². The van der Waals surface area contributed by atoms with Gasteiger partial charge >= 0.3 is 0 Å².